The standard InChI is InChI=1S/C11H16O2/c1-6-3-10(12)9-5-8(6)11(13)4-7(9)2/h3-4,8-13H,5H2,1-2H3/t8-,9-,10-,11-/m1/s1. The second-order valence-corrected chi connectivity index (χ2v) is 4.25. The molecule has 0 saturated heterocycles. The van der Waals surface area contributed by atoms with E-state index in [1.807, 2.05) is 26.0 Å². The van der Waals surface area contributed by atoms with E-state index in [2.05, 4.69) is 0 Å². The molecule has 13 heavy (non-hydrogen) atoms. The summed E-state index contributed by atoms with van der Waals surface area (Å²) in [6, 6.07) is 0. The molecule has 0 fully saturated rings. The fourth-order valence-electron chi connectivity index (χ4n) is 2.48. The molecule has 0 radical (unpaired) electrons. The third-order valence-electron chi connectivity index (χ3n) is 3.37. The van der Waals surface area contributed by atoms with Gasteiger partial charge in [-0.25, -0.2) is 0 Å². The van der Waals surface area contributed by atoms with Crippen LogP contribution in [0.2, 0.25) is 0 Å². The molecule has 2 N–H and O–H groups in total. The summed E-state index contributed by atoms with van der Waals surface area (Å²) in [5.41, 5.74) is 2.25. The molecule has 0 amide bonds. The molecule has 72 valence electrons. The van der Waals surface area contributed by atoms with Gasteiger partial charge in [0.05, 0.1) is 12.2 Å². The Morgan fingerprint density at radius 3 is 1.77 bits per heavy atom. The SMILES string of the molecule is CC1=C[C@@H](O)[C@@H]2C[C@H]1[C@H](O)C=C2C. The molecule has 2 bridgehead atoms. The number of fused-ring (bicyclic) bond motifs is 2. The van der Waals surface area contributed by atoms with Gasteiger partial charge in [-0.05, 0) is 20.3 Å². The monoisotopic (exact) mass is 180 g/mol. The van der Waals surface area contributed by atoms with Crippen LogP contribution in [0.3, 0.4) is 0 Å². The van der Waals surface area contributed by atoms with E-state index >= 15 is 0 Å². The molecule has 2 nitrogen and oxygen atoms in total. The lowest BCUT2D eigenvalue weighted by Gasteiger charge is -2.38. The normalized spacial score (nSPS) is 44.0. The van der Waals surface area contributed by atoms with Crippen molar-refractivity contribution in [2.24, 2.45) is 11.8 Å². The van der Waals surface area contributed by atoms with Gasteiger partial charge in [-0.1, -0.05) is 23.3 Å². The quantitative estimate of drug-likeness (QED) is 0.551. The maximum atomic E-state index is 9.75. The summed E-state index contributed by atoms with van der Waals surface area (Å²) >= 11 is 0. The molecule has 2 aliphatic rings. The molecule has 0 heterocycles. The highest BCUT2D eigenvalue weighted by molar-refractivity contribution is 5.27. The van der Waals surface area contributed by atoms with Crippen LogP contribution >= 0.6 is 0 Å². The second-order valence-electron chi connectivity index (χ2n) is 4.25. The Hall–Kier alpha value is -0.600. The van der Waals surface area contributed by atoms with Crippen molar-refractivity contribution in [3.8, 4) is 0 Å². The van der Waals surface area contributed by atoms with Gasteiger partial charge in [0.1, 0.15) is 0 Å². The molecule has 4 atom stereocenters. The van der Waals surface area contributed by atoms with Crippen molar-refractivity contribution in [1.82, 2.24) is 0 Å². The van der Waals surface area contributed by atoms with Crippen molar-refractivity contribution in [3.05, 3.63) is 23.3 Å². The molecule has 0 saturated carbocycles. The Morgan fingerprint density at radius 1 is 1.00 bits per heavy atom. The van der Waals surface area contributed by atoms with Gasteiger partial charge < -0.3 is 10.2 Å². The molecule has 0 spiro atoms. The first-order valence-corrected chi connectivity index (χ1v) is 4.82. The predicted molar refractivity (Wildman–Crippen MR) is 51.1 cm³/mol. The van der Waals surface area contributed by atoms with Gasteiger partial charge >= 0.3 is 0 Å². The highest BCUT2D eigenvalue weighted by atomic mass is 16.3. The lowest BCUT2D eigenvalue weighted by molar-refractivity contribution is 0.0877. The first-order valence-electron chi connectivity index (χ1n) is 4.82. The zero-order valence-electron chi connectivity index (χ0n) is 8.07. The van der Waals surface area contributed by atoms with Crippen LogP contribution < -0.4 is 0 Å². The summed E-state index contributed by atoms with van der Waals surface area (Å²) in [5.74, 6) is 0.467. The van der Waals surface area contributed by atoms with Crippen LogP contribution in [-0.4, -0.2) is 22.4 Å². The topological polar surface area (TPSA) is 40.5 Å². The van der Waals surface area contributed by atoms with E-state index in [4.69, 9.17) is 0 Å². The fraction of sp³-hybridized carbons (Fsp3) is 0.636. The lowest BCUT2D eigenvalue weighted by atomic mass is 9.70. The summed E-state index contributed by atoms with van der Waals surface area (Å²) in [4.78, 5) is 0. The average Bonchev–Trinajstić information content (AvgIpc) is 2.02. The van der Waals surface area contributed by atoms with Crippen molar-refractivity contribution in [1.29, 1.82) is 0 Å². The van der Waals surface area contributed by atoms with Crippen LogP contribution in [-0.2, 0) is 0 Å². The van der Waals surface area contributed by atoms with E-state index < -0.39 is 0 Å². The molecular weight excluding hydrogens is 164 g/mol. The molecule has 2 aliphatic carbocycles. The largest absolute Gasteiger partial charge is 0.388 e. The summed E-state index contributed by atoms with van der Waals surface area (Å²) in [6.45, 7) is 3.98. The van der Waals surface area contributed by atoms with Crippen molar-refractivity contribution in [2.45, 2.75) is 32.5 Å². The third kappa shape index (κ3) is 1.34. The third-order valence-corrected chi connectivity index (χ3v) is 3.37. The Balaban J connectivity index is 2.36. The minimum atomic E-state index is -0.347. The maximum absolute atomic E-state index is 9.75. The van der Waals surface area contributed by atoms with Gasteiger partial charge in [-0.3, -0.25) is 0 Å². The minimum absolute atomic E-state index is 0.233. The van der Waals surface area contributed by atoms with E-state index in [1.165, 1.54) is 0 Å². The van der Waals surface area contributed by atoms with Gasteiger partial charge in [-0.15, -0.1) is 0 Å². The van der Waals surface area contributed by atoms with Crippen molar-refractivity contribution >= 4 is 0 Å². The van der Waals surface area contributed by atoms with Crippen molar-refractivity contribution in [2.75, 3.05) is 0 Å². The van der Waals surface area contributed by atoms with Crippen molar-refractivity contribution < 1.29 is 10.2 Å². The molecule has 0 aliphatic heterocycles. The number of aliphatic hydroxyl groups excluding tert-OH is 2. The highest BCUT2D eigenvalue weighted by Gasteiger charge is 2.36. The first-order chi connectivity index (χ1) is 6.09. The molecule has 2 rings (SSSR count). The average molecular weight is 180 g/mol. The molecule has 0 aromatic heterocycles. The van der Waals surface area contributed by atoms with E-state index in [1.54, 1.807) is 0 Å². The zero-order valence-corrected chi connectivity index (χ0v) is 8.07. The van der Waals surface area contributed by atoms with E-state index in [0.717, 1.165) is 17.6 Å². The second kappa shape index (κ2) is 2.96. The molecule has 2 heteroatoms. The Labute approximate surface area is 78.6 Å². The van der Waals surface area contributed by atoms with Crippen LogP contribution in [0.25, 0.3) is 0 Å². The summed E-state index contributed by atoms with van der Waals surface area (Å²) < 4.78 is 0. The summed E-state index contributed by atoms with van der Waals surface area (Å²) in [7, 11) is 0. The van der Waals surface area contributed by atoms with Gasteiger partial charge in [-0.2, -0.15) is 0 Å². The smallest absolute Gasteiger partial charge is 0.0788 e. The van der Waals surface area contributed by atoms with Crippen LogP contribution in [0, 0.1) is 11.8 Å². The highest BCUT2D eigenvalue weighted by Crippen LogP contribution is 2.39. The van der Waals surface area contributed by atoms with E-state index in [0.29, 0.717) is 0 Å². The Bertz CT molecular complexity index is 250. The molecular formula is C11H16O2. The number of hydrogen-bond acceptors (Lipinski definition) is 2. The fourth-order valence-corrected chi connectivity index (χ4v) is 2.48. The zero-order chi connectivity index (χ0) is 9.59. The van der Waals surface area contributed by atoms with E-state index in [9.17, 15) is 10.2 Å². The van der Waals surface area contributed by atoms with Crippen molar-refractivity contribution in [3.63, 3.8) is 0 Å². The Morgan fingerprint density at radius 2 is 1.38 bits per heavy atom. The molecule has 0 aromatic rings. The van der Waals surface area contributed by atoms with Gasteiger partial charge in [0.2, 0.25) is 0 Å². The van der Waals surface area contributed by atoms with Crippen LogP contribution in [0.15, 0.2) is 23.3 Å². The van der Waals surface area contributed by atoms with Gasteiger partial charge in [0.15, 0.2) is 0 Å². The molecule has 0 aromatic carbocycles. The van der Waals surface area contributed by atoms with Crippen LogP contribution in [0.4, 0.5) is 0 Å². The first kappa shape index (κ1) is 8.97. The molecule has 0 unspecified atom stereocenters. The minimum Gasteiger partial charge on any atom is -0.388 e. The number of aliphatic hydroxyl groups is 2. The van der Waals surface area contributed by atoms with Crippen LogP contribution in [0.5, 0.6) is 0 Å². The summed E-state index contributed by atoms with van der Waals surface area (Å²) in [5, 5.41) is 19.5. The number of hydrogen-bond donors (Lipinski definition) is 2. The lowest BCUT2D eigenvalue weighted by Crippen LogP contribution is -2.37. The van der Waals surface area contributed by atoms with Crippen LogP contribution in [0.1, 0.15) is 20.3 Å². The van der Waals surface area contributed by atoms with E-state index in [-0.39, 0.29) is 24.0 Å². The summed E-state index contributed by atoms with van der Waals surface area (Å²) in [6.07, 6.45) is 3.98. The van der Waals surface area contributed by atoms with Gasteiger partial charge in [0, 0.05) is 11.8 Å². The maximum Gasteiger partial charge on any atom is 0.0788 e. The Kier molecular flexibility index (Phi) is 2.05. The van der Waals surface area contributed by atoms with Gasteiger partial charge in [0.25, 0.3) is 0 Å². The predicted octanol–water partition coefficient (Wildman–Crippen LogP) is 1.25. The number of rotatable bonds is 0.